The lowest BCUT2D eigenvalue weighted by Crippen LogP contribution is -2.10. The molecule has 0 bridgehead atoms. The monoisotopic (exact) mass is 907 g/mol. The highest BCUT2D eigenvalue weighted by atomic mass is 32.1. The van der Waals surface area contributed by atoms with Crippen LogP contribution >= 0.6 is 11.3 Å². The number of nitrogens with zero attached hydrogens (tertiary/aromatic N) is 1. The summed E-state index contributed by atoms with van der Waals surface area (Å²) in [4.78, 5) is 2.46. The first-order valence-electron chi connectivity index (χ1n) is 24.0. The van der Waals surface area contributed by atoms with Crippen molar-refractivity contribution in [3.05, 3.63) is 273 Å². The fourth-order valence-corrected chi connectivity index (χ4v) is 11.8. The normalized spacial score (nSPS) is 11.4. The fraction of sp³-hybridized carbons (Fsp3) is 0. The highest BCUT2D eigenvalue weighted by molar-refractivity contribution is 7.26. The Morgan fingerprint density at radius 2 is 0.657 bits per heavy atom. The maximum atomic E-state index is 2.46. The lowest BCUT2D eigenvalue weighted by atomic mass is 9.89. The zero-order valence-electron chi connectivity index (χ0n) is 38.3. The van der Waals surface area contributed by atoms with Gasteiger partial charge < -0.3 is 4.90 Å². The van der Waals surface area contributed by atoms with Crippen molar-refractivity contribution < 1.29 is 0 Å². The summed E-state index contributed by atoms with van der Waals surface area (Å²) in [5, 5.41) is 7.54. The molecule has 328 valence electrons. The fourth-order valence-electron chi connectivity index (χ4n) is 10.6. The number of hydrogen-bond donors (Lipinski definition) is 0. The van der Waals surface area contributed by atoms with Gasteiger partial charge in [0.15, 0.2) is 0 Å². The maximum Gasteiger partial charge on any atom is 0.0555 e. The van der Waals surface area contributed by atoms with E-state index in [0.717, 1.165) is 17.1 Å². The van der Waals surface area contributed by atoms with E-state index in [2.05, 4.69) is 278 Å². The molecule has 2 heteroatoms. The van der Waals surface area contributed by atoms with E-state index in [9.17, 15) is 0 Å². The molecule has 70 heavy (non-hydrogen) atoms. The first-order valence-corrected chi connectivity index (χ1v) is 24.8. The van der Waals surface area contributed by atoms with Crippen molar-refractivity contribution in [3.63, 3.8) is 0 Å². The first kappa shape index (κ1) is 41.4. The van der Waals surface area contributed by atoms with E-state index in [1.165, 1.54) is 108 Å². The Morgan fingerprint density at radius 3 is 1.29 bits per heavy atom. The largest absolute Gasteiger partial charge is 0.310 e. The molecular formula is C68H45NS. The Bertz CT molecular complexity index is 4020. The summed E-state index contributed by atoms with van der Waals surface area (Å²) in [7, 11) is 0. The van der Waals surface area contributed by atoms with E-state index in [0.29, 0.717) is 0 Å². The molecule has 0 spiro atoms. The van der Waals surface area contributed by atoms with Gasteiger partial charge in [-0.05, 0) is 119 Å². The second kappa shape index (κ2) is 17.7. The van der Waals surface area contributed by atoms with Crippen LogP contribution in [-0.2, 0) is 0 Å². The second-order valence-corrected chi connectivity index (χ2v) is 19.0. The van der Waals surface area contributed by atoms with Crippen LogP contribution < -0.4 is 4.90 Å². The van der Waals surface area contributed by atoms with E-state index in [-0.39, 0.29) is 0 Å². The van der Waals surface area contributed by atoms with Crippen LogP contribution in [0.2, 0.25) is 0 Å². The molecule has 13 aromatic rings. The minimum atomic E-state index is 1.09. The Balaban J connectivity index is 0.946. The van der Waals surface area contributed by atoms with Crippen LogP contribution in [0.3, 0.4) is 0 Å². The lowest BCUT2D eigenvalue weighted by molar-refractivity contribution is 1.30. The molecular weight excluding hydrogens is 863 g/mol. The van der Waals surface area contributed by atoms with Crippen LogP contribution in [0.1, 0.15) is 0 Å². The molecule has 1 aromatic heterocycles. The van der Waals surface area contributed by atoms with Gasteiger partial charge in [0.25, 0.3) is 0 Å². The van der Waals surface area contributed by atoms with Gasteiger partial charge in [0.2, 0.25) is 0 Å². The van der Waals surface area contributed by atoms with Crippen LogP contribution in [0, 0.1) is 0 Å². The summed E-state index contributed by atoms with van der Waals surface area (Å²) >= 11 is 1.89. The third-order valence-corrected chi connectivity index (χ3v) is 15.1. The zero-order valence-corrected chi connectivity index (χ0v) is 39.2. The molecule has 0 saturated heterocycles. The van der Waals surface area contributed by atoms with Gasteiger partial charge in [-0.2, -0.15) is 0 Å². The number of fused-ring (bicyclic) bond motifs is 5. The molecule has 0 fully saturated rings. The van der Waals surface area contributed by atoms with Crippen LogP contribution in [0.4, 0.5) is 17.1 Å². The van der Waals surface area contributed by atoms with Gasteiger partial charge in [-0.3, -0.25) is 0 Å². The van der Waals surface area contributed by atoms with Gasteiger partial charge in [-0.15, -0.1) is 11.3 Å². The van der Waals surface area contributed by atoms with Crippen molar-refractivity contribution in [1.82, 2.24) is 0 Å². The Kier molecular flexibility index (Phi) is 10.5. The highest BCUT2D eigenvalue weighted by Gasteiger charge is 2.22. The molecule has 0 aliphatic heterocycles. The maximum absolute atomic E-state index is 2.46. The summed E-state index contributed by atoms with van der Waals surface area (Å²) in [5.74, 6) is 0. The van der Waals surface area contributed by atoms with Crippen molar-refractivity contribution in [2.24, 2.45) is 0 Å². The van der Waals surface area contributed by atoms with Crippen LogP contribution in [-0.4, -0.2) is 0 Å². The van der Waals surface area contributed by atoms with Gasteiger partial charge in [0.05, 0.1) is 5.69 Å². The predicted octanol–water partition coefficient (Wildman–Crippen LogP) is 19.8. The van der Waals surface area contributed by atoms with Gasteiger partial charge in [-0.25, -0.2) is 0 Å². The Morgan fingerprint density at radius 1 is 0.243 bits per heavy atom. The zero-order chi connectivity index (χ0) is 46.4. The van der Waals surface area contributed by atoms with E-state index in [1.807, 2.05) is 11.3 Å². The Labute approximate surface area is 412 Å². The number of anilines is 3. The molecule has 0 radical (unpaired) electrons. The lowest BCUT2D eigenvalue weighted by Gasteiger charge is -2.27. The van der Waals surface area contributed by atoms with Gasteiger partial charge >= 0.3 is 0 Å². The second-order valence-electron chi connectivity index (χ2n) is 18.0. The van der Waals surface area contributed by atoms with Crippen molar-refractivity contribution >= 4 is 70.1 Å². The minimum absolute atomic E-state index is 1.09. The highest BCUT2D eigenvalue weighted by Crippen LogP contribution is 2.50. The summed E-state index contributed by atoms with van der Waals surface area (Å²) in [6.07, 6.45) is 0. The molecule has 0 atom stereocenters. The molecule has 0 saturated carbocycles. The summed E-state index contributed by atoms with van der Waals surface area (Å²) < 4.78 is 2.56. The molecule has 0 aliphatic rings. The smallest absolute Gasteiger partial charge is 0.0555 e. The SMILES string of the molecule is c1ccc(-c2ccccc2-c2ccccc2-c2ccc(N(c3ccc(-c4ccc(-c5cccc6ccccc56)cc4)cc3)c3ccc(-c4cccc5ccccc45)c4sc5ccccc5c34)cc2)cc1. The molecule has 0 amide bonds. The molecule has 13 rings (SSSR count). The van der Waals surface area contributed by atoms with Crippen molar-refractivity contribution in [2.75, 3.05) is 4.90 Å². The average Bonchev–Trinajstić information content (AvgIpc) is 3.84. The van der Waals surface area contributed by atoms with Gasteiger partial charge in [0, 0.05) is 37.1 Å². The average molecular weight is 908 g/mol. The minimum Gasteiger partial charge on any atom is -0.310 e. The van der Waals surface area contributed by atoms with E-state index < -0.39 is 0 Å². The topological polar surface area (TPSA) is 3.24 Å². The van der Waals surface area contributed by atoms with Gasteiger partial charge in [-0.1, -0.05) is 237 Å². The molecule has 1 nitrogen and oxygen atoms in total. The van der Waals surface area contributed by atoms with E-state index in [4.69, 9.17) is 0 Å². The molecule has 0 aliphatic carbocycles. The van der Waals surface area contributed by atoms with Crippen LogP contribution in [0.15, 0.2) is 273 Å². The summed E-state index contributed by atoms with van der Waals surface area (Å²) in [6.45, 7) is 0. The summed E-state index contributed by atoms with van der Waals surface area (Å²) in [5.41, 5.74) is 17.9. The van der Waals surface area contributed by atoms with Crippen LogP contribution in [0.25, 0.3) is 108 Å². The third-order valence-electron chi connectivity index (χ3n) is 13.9. The molecule has 12 aromatic carbocycles. The summed E-state index contributed by atoms with van der Waals surface area (Å²) in [6, 6.07) is 99.8. The van der Waals surface area contributed by atoms with Gasteiger partial charge in [0.1, 0.15) is 0 Å². The number of benzene rings is 12. The van der Waals surface area contributed by atoms with Crippen molar-refractivity contribution in [3.8, 4) is 66.8 Å². The first-order chi connectivity index (χ1) is 34.7. The van der Waals surface area contributed by atoms with Crippen molar-refractivity contribution in [2.45, 2.75) is 0 Å². The van der Waals surface area contributed by atoms with Crippen LogP contribution in [0.5, 0.6) is 0 Å². The molecule has 0 N–H and O–H groups in total. The Hall–Kier alpha value is -8.82. The molecule has 0 unspecified atom stereocenters. The quantitative estimate of drug-likeness (QED) is 0.139. The number of thiophene rings is 1. The number of rotatable bonds is 9. The third kappa shape index (κ3) is 7.34. The standard InChI is InChI=1S/C68H45NS/c1-2-16-48(17-3-1)57-24-8-10-26-60(57)61-27-11-9-25-59(61)52-38-42-54(43-39-52)69(53-40-36-47(37-41-53)46-32-34-51(35-33-46)56-29-14-20-49-18-4-6-22-55(49)56)65-45-44-63(62-30-15-21-50-19-5-7-23-58(50)62)68-67(65)64-28-12-13-31-66(64)70-68/h1-45H. The van der Waals surface area contributed by atoms with E-state index >= 15 is 0 Å². The van der Waals surface area contributed by atoms with E-state index in [1.54, 1.807) is 0 Å². The number of hydrogen-bond acceptors (Lipinski definition) is 2. The predicted molar refractivity (Wildman–Crippen MR) is 302 cm³/mol. The molecule has 1 heterocycles. The van der Waals surface area contributed by atoms with Crippen molar-refractivity contribution in [1.29, 1.82) is 0 Å².